The molecule has 1 N–H and O–H groups in total. The monoisotopic (exact) mass is 402 g/mol. The molecule has 8 heteroatoms. The standard InChI is InChI=1S/C22H18N4O4/c1-28-18-6-4-15(17-12-26-8-2-7-23-22(26)25-17)11-16(18)24-21(27)10-14-3-5-19-20(9-14)30-13-29-19/h2-9,11-12H,10,13H2,1H3,(H,24,27). The molecule has 1 aliphatic heterocycles. The molecule has 8 nitrogen and oxygen atoms in total. The van der Waals surface area contributed by atoms with E-state index >= 15 is 0 Å². The van der Waals surface area contributed by atoms with Crippen LogP contribution < -0.4 is 19.5 Å². The Labute approximate surface area is 172 Å². The molecule has 3 heterocycles. The van der Waals surface area contributed by atoms with Crippen molar-refractivity contribution in [1.82, 2.24) is 14.4 Å². The van der Waals surface area contributed by atoms with E-state index in [2.05, 4.69) is 15.3 Å². The van der Waals surface area contributed by atoms with Crippen molar-refractivity contribution in [3.05, 3.63) is 66.6 Å². The van der Waals surface area contributed by atoms with E-state index in [-0.39, 0.29) is 19.1 Å². The van der Waals surface area contributed by atoms with Crippen LogP contribution in [0.15, 0.2) is 61.1 Å². The smallest absolute Gasteiger partial charge is 0.234 e. The van der Waals surface area contributed by atoms with Crippen LogP contribution in [-0.4, -0.2) is 34.2 Å². The molecule has 1 amide bonds. The van der Waals surface area contributed by atoms with E-state index in [9.17, 15) is 4.79 Å². The number of aromatic nitrogens is 3. The molecule has 4 aromatic rings. The van der Waals surface area contributed by atoms with Crippen molar-refractivity contribution in [2.45, 2.75) is 6.42 Å². The zero-order chi connectivity index (χ0) is 20.5. The van der Waals surface area contributed by atoms with Crippen LogP contribution in [0.25, 0.3) is 17.0 Å². The van der Waals surface area contributed by atoms with Gasteiger partial charge in [0.25, 0.3) is 0 Å². The van der Waals surface area contributed by atoms with Crippen molar-refractivity contribution in [1.29, 1.82) is 0 Å². The second-order valence-corrected chi connectivity index (χ2v) is 6.78. The van der Waals surface area contributed by atoms with E-state index in [0.717, 1.165) is 16.8 Å². The first-order valence-electron chi connectivity index (χ1n) is 9.36. The van der Waals surface area contributed by atoms with Crippen LogP contribution in [0.4, 0.5) is 5.69 Å². The summed E-state index contributed by atoms with van der Waals surface area (Å²) >= 11 is 0. The molecule has 0 aliphatic carbocycles. The molecular weight excluding hydrogens is 384 g/mol. The maximum atomic E-state index is 12.7. The van der Waals surface area contributed by atoms with Crippen molar-refractivity contribution in [3.8, 4) is 28.5 Å². The molecule has 5 rings (SSSR count). The molecule has 0 unspecified atom stereocenters. The number of nitrogens with zero attached hydrogens (tertiary/aromatic N) is 3. The van der Waals surface area contributed by atoms with Crippen molar-refractivity contribution < 1.29 is 19.0 Å². The number of carbonyl (C=O) groups excluding carboxylic acids is 1. The summed E-state index contributed by atoms with van der Waals surface area (Å²) in [5.41, 5.74) is 3.01. The lowest BCUT2D eigenvalue weighted by Gasteiger charge is -2.12. The van der Waals surface area contributed by atoms with Gasteiger partial charge in [-0.25, -0.2) is 9.97 Å². The molecule has 0 saturated heterocycles. The summed E-state index contributed by atoms with van der Waals surface area (Å²) in [6, 6.07) is 12.9. The highest BCUT2D eigenvalue weighted by molar-refractivity contribution is 5.94. The fourth-order valence-corrected chi connectivity index (χ4v) is 3.36. The number of hydrogen-bond donors (Lipinski definition) is 1. The number of nitrogens with one attached hydrogen (secondary N) is 1. The number of methoxy groups -OCH3 is 1. The second kappa shape index (κ2) is 7.40. The largest absolute Gasteiger partial charge is 0.495 e. The van der Waals surface area contributed by atoms with E-state index in [1.54, 1.807) is 13.3 Å². The molecule has 1 aliphatic rings. The highest BCUT2D eigenvalue weighted by atomic mass is 16.7. The Kier molecular flexibility index (Phi) is 4.44. The molecule has 0 atom stereocenters. The van der Waals surface area contributed by atoms with Gasteiger partial charge < -0.3 is 19.5 Å². The average molecular weight is 402 g/mol. The molecule has 0 bridgehead atoms. The van der Waals surface area contributed by atoms with Crippen LogP contribution in [0.2, 0.25) is 0 Å². The highest BCUT2D eigenvalue weighted by Gasteiger charge is 2.16. The Morgan fingerprint density at radius 1 is 1.20 bits per heavy atom. The lowest BCUT2D eigenvalue weighted by atomic mass is 10.1. The van der Waals surface area contributed by atoms with Crippen molar-refractivity contribution in [2.75, 3.05) is 19.2 Å². The minimum Gasteiger partial charge on any atom is -0.495 e. The van der Waals surface area contributed by atoms with Gasteiger partial charge in [0.2, 0.25) is 18.5 Å². The predicted octanol–water partition coefficient (Wildman–Crippen LogP) is 3.31. The fourth-order valence-electron chi connectivity index (χ4n) is 3.36. The normalized spacial score (nSPS) is 12.2. The van der Waals surface area contributed by atoms with Gasteiger partial charge in [0.15, 0.2) is 11.5 Å². The number of hydrogen-bond acceptors (Lipinski definition) is 6. The Morgan fingerprint density at radius 3 is 2.97 bits per heavy atom. The highest BCUT2D eigenvalue weighted by Crippen LogP contribution is 2.33. The van der Waals surface area contributed by atoms with E-state index in [1.807, 2.05) is 59.3 Å². The topological polar surface area (TPSA) is 87.0 Å². The van der Waals surface area contributed by atoms with Crippen LogP contribution >= 0.6 is 0 Å². The Hall–Kier alpha value is -4.07. The van der Waals surface area contributed by atoms with Crippen LogP contribution in [0, 0.1) is 0 Å². The van der Waals surface area contributed by atoms with Gasteiger partial charge in [-0.3, -0.25) is 9.20 Å². The summed E-state index contributed by atoms with van der Waals surface area (Å²) in [5, 5.41) is 2.94. The van der Waals surface area contributed by atoms with Gasteiger partial charge in [-0.15, -0.1) is 0 Å². The van der Waals surface area contributed by atoms with Gasteiger partial charge >= 0.3 is 0 Å². The van der Waals surface area contributed by atoms with Crippen molar-refractivity contribution in [3.63, 3.8) is 0 Å². The summed E-state index contributed by atoms with van der Waals surface area (Å²) in [6.07, 6.45) is 5.67. The first kappa shape index (κ1) is 18.0. The summed E-state index contributed by atoms with van der Waals surface area (Å²) < 4.78 is 17.9. The lowest BCUT2D eigenvalue weighted by Crippen LogP contribution is -2.15. The SMILES string of the molecule is COc1ccc(-c2cn3cccnc3n2)cc1NC(=O)Cc1ccc2c(c1)OCO2. The zero-order valence-electron chi connectivity index (χ0n) is 16.2. The zero-order valence-corrected chi connectivity index (χ0v) is 16.2. The van der Waals surface area contributed by atoms with Gasteiger partial charge in [-0.2, -0.15) is 0 Å². The van der Waals surface area contributed by atoms with Gasteiger partial charge in [-0.05, 0) is 42.0 Å². The molecule has 0 fully saturated rings. The number of carbonyl (C=O) groups is 1. The molecule has 0 spiro atoms. The third kappa shape index (κ3) is 3.39. The van der Waals surface area contributed by atoms with Gasteiger partial charge in [0.05, 0.1) is 24.9 Å². The van der Waals surface area contributed by atoms with Crippen LogP contribution in [-0.2, 0) is 11.2 Å². The second-order valence-electron chi connectivity index (χ2n) is 6.78. The minimum atomic E-state index is -0.166. The number of imidazole rings is 1. The van der Waals surface area contributed by atoms with E-state index < -0.39 is 0 Å². The molecule has 30 heavy (non-hydrogen) atoms. The molecular formula is C22H18N4O4. The number of anilines is 1. The number of benzene rings is 2. The number of rotatable bonds is 5. The summed E-state index contributed by atoms with van der Waals surface area (Å²) in [4.78, 5) is 21.4. The van der Waals surface area contributed by atoms with Gasteiger partial charge in [0.1, 0.15) is 5.75 Å². The molecule has 0 radical (unpaired) electrons. The van der Waals surface area contributed by atoms with Crippen LogP contribution in [0.5, 0.6) is 17.2 Å². The van der Waals surface area contributed by atoms with Crippen molar-refractivity contribution >= 4 is 17.4 Å². The molecule has 2 aromatic heterocycles. The van der Waals surface area contributed by atoms with Crippen molar-refractivity contribution in [2.24, 2.45) is 0 Å². The summed E-state index contributed by atoms with van der Waals surface area (Å²) in [7, 11) is 1.57. The minimum absolute atomic E-state index is 0.166. The number of ether oxygens (including phenoxy) is 3. The summed E-state index contributed by atoms with van der Waals surface area (Å²) in [5.74, 6) is 2.35. The fraction of sp³-hybridized carbons (Fsp3) is 0.136. The Balaban J connectivity index is 1.39. The van der Waals surface area contributed by atoms with E-state index in [0.29, 0.717) is 28.7 Å². The summed E-state index contributed by atoms with van der Waals surface area (Å²) in [6.45, 7) is 0.202. The van der Waals surface area contributed by atoms with Gasteiger partial charge in [-0.1, -0.05) is 6.07 Å². The molecule has 0 saturated carbocycles. The Bertz CT molecular complexity index is 1220. The number of fused-ring (bicyclic) bond motifs is 2. The quantitative estimate of drug-likeness (QED) is 0.551. The predicted molar refractivity (Wildman–Crippen MR) is 110 cm³/mol. The first-order chi connectivity index (χ1) is 14.7. The molecule has 150 valence electrons. The van der Waals surface area contributed by atoms with Gasteiger partial charge in [0, 0.05) is 24.2 Å². The Morgan fingerprint density at radius 2 is 2.10 bits per heavy atom. The first-order valence-corrected chi connectivity index (χ1v) is 9.36. The third-order valence-electron chi connectivity index (χ3n) is 4.81. The average Bonchev–Trinajstić information content (AvgIpc) is 3.40. The van der Waals surface area contributed by atoms with Crippen LogP contribution in [0.1, 0.15) is 5.56 Å². The van der Waals surface area contributed by atoms with E-state index in [1.165, 1.54) is 0 Å². The maximum absolute atomic E-state index is 12.7. The van der Waals surface area contributed by atoms with Crippen LogP contribution in [0.3, 0.4) is 0 Å². The third-order valence-corrected chi connectivity index (χ3v) is 4.81. The maximum Gasteiger partial charge on any atom is 0.234 e. The lowest BCUT2D eigenvalue weighted by molar-refractivity contribution is -0.115. The number of amides is 1. The molecule has 2 aromatic carbocycles. The van der Waals surface area contributed by atoms with E-state index in [4.69, 9.17) is 14.2 Å².